The first-order valence-corrected chi connectivity index (χ1v) is 10.5. The van der Waals surface area contributed by atoms with Crippen molar-refractivity contribution in [3.63, 3.8) is 0 Å². The van der Waals surface area contributed by atoms with E-state index in [1.165, 1.54) is 30.9 Å². The first-order valence-electron chi connectivity index (χ1n) is 8.97. The number of primary sulfonamides is 1. The molecule has 2 heterocycles. The molecule has 0 aliphatic carbocycles. The Morgan fingerprint density at radius 1 is 1.19 bits per heavy atom. The molecule has 1 aliphatic rings. The molecule has 1 unspecified atom stereocenters. The van der Waals surface area contributed by atoms with Gasteiger partial charge in [0, 0.05) is 25.3 Å². The standard InChI is InChI=1S/C19H26N4O2S/c1-15-7-4-5-12-23(15)14-17-9-3-2-8-16(17)13-22-19-18(26(20,24)25)10-6-11-21-19/h2-3,6,8-11,15H,4-5,7,12-14H2,1H3,(H,21,22)(H2,20,24,25). The summed E-state index contributed by atoms with van der Waals surface area (Å²) in [6.07, 6.45) is 5.34. The second-order valence-electron chi connectivity index (χ2n) is 6.83. The second-order valence-corrected chi connectivity index (χ2v) is 8.36. The van der Waals surface area contributed by atoms with E-state index in [0.29, 0.717) is 12.6 Å². The van der Waals surface area contributed by atoms with Crippen molar-refractivity contribution in [1.29, 1.82) is 0 Å². The molecule has 1 aliphatic heterocycles. The van der Waals surface area contributed by atoms with Crippen molar-refractivity contribution in [3.8, 4) is 0 Å². The van der Waals surface area contributed by atoms with Crippen molar-refractivity contribution in [2.45, 2.75) is 50.2 Å². The van der Waals surface area contributed by atoms with Gasteiger partial charge < -0.3 is 5.32 Å². The first-order chi connectivity index (χ1) is 12.4. The molecule has 1 atom stereocenters. The summed E-state index contributed by atoms with van der Waals surface area (Å²) in [6.45, 7) is 4.81. The van der Waals surface area contributed by atoms with E-state index >= 15 is 0 Å². The number of aromatic nitrogens is 1. The number of nitrogens with zero attached hydrogens (tertiary/aromatic N) is 2. The molecule has 1 aromatic heterocycles. The molecule has 0 spiro atoms. The van der Waals surface area contributed by atoms with E-state index in [1.54, 1.807) is 12.3 Å². The predicted molar refractivity (Wildman–Crippen MR) is 103 cm³/mol. The molecular formula is C19H26N4O2S. The van der Waals surface area contributed by atoms with E-state index in [0.717, 1.165) is 18.7 Å². The number of nitrogens with one attached hydrogen (secondary N) is 1. The molecule has 1 aromatic carbocycles. The van der Waals surface area contributed by atoms with Gasteiger partial charge in [0.2, 0.25) is 10.0 Å². The molecule has 3 rings (SSSR count). The maximum absolute atomic E-state index is 11.7. The van der Waals surface area contributed by atoms with Crippen molar-refractivity contribution in [1.82, 2.24) is 9.88 Å². The lowest BCUT2D eigenvalue weighted by molar-refractivity contribution is 0.152. The van der Waals surface area contributed by atoms with E-state index in [9.17, 15) is 8.42 Å². The minimum atomic E-state index is -3.81. The van der Waals surface area contributed by atoms with Crippen molar-refractivity contribution in [3.05, 3.63) is 53.7 Å². The largest absolute Gasteiger partial charge is 0.365 e. The van der Waals surface area contributed by atoms with E-state index in [2.05, 4.69) is 34.3 Å². The summed E-state index contributed by atoms with van der Waals surface area (Å²) < 4.78 is 23.4. The molecule has 0 saturated carbocycles. The number of sulfonamides is 1. The lowest BCUT2D eigenvalue weighted by atomic mass is 10.0. The SMILES string of the molecule is CC1CCCCN1Cc1ccccc1CNc1ncccc1S(N)(=O)=O. The van der Waals surface area contributed by atoms with Crippen LogP contribution in [0.25, 0.3) is 0 Å². The molecule has 1 fully saturated rings. The highest BCUT2D eigenvalue weighted by molar-refractivity contribution is 7.89. The molecule has 3 N–H and O–H groups in total. The third-order valence-electron chi connectivity index (χ3n) is 4.96. The summed E-state index contributed by atoms with van der Waals surface area (Å²) in [4.78, 5) is 6.67. The third kappa shape index (κ3) is 4.60. The number of pyridine rings is 1. The summed E-state index contributed by atoms with van der Waals surface area (Å²) in [6, 6.07) is 11.9. The Morgan fingerprint density at radius 3 is 2.69 bits per heavy atom. The summed E-state index contributed by atoms with van der Waals surface area (Å²) in [7, 11) is -3.81. The number of likely N-dealkylation sites (tertiary alicyclic amines) is 1. The van der Waals surface area contributed by atoms with Crippen LogP contribution in [0.5, 0.6) is 0 Å². The van der Waals surface area contributed by atoms with Gasteiger partial charge in [-0.3, -0.25) is 4.90 Å². The van der Waals surface area contributed by atoms with Crippen molar-refractivity contribution >= 4 is 15.8 Å². The van der Waals surface area contributed by atoms with E-state index in [1.807, 2.05) is 12.1 Å². The Balaban J connectivity index is 1.75. The number of piperidine rings is 1. The fraction of sp³-hybridized carbons (Fsp3) is 0.421. The number of rotatable bonds is 6. The number of hydrogen-bond acceptors (Lipinski definition) is 5. The van der Waals surface area contributed by atoms with Crippen LogP contribution >= 0.6 is 0 Å². The molecular weight excluding hydrogens is 348 g/mol. The fourth-order valence-corrected chi connectivity index (χ4v) is 4.09. The summed E-state index contributed by atoms with van der Waals surface area (Å²) in [5, 5.41) is 8.42. The van der Waals surface area contributed by atoms with Crippen LogP contribution in [-0.2, 0) is 23.1 Å². The Bertz CT molecular complexity index is 854. The van der Waals surface area contributed by atoms with Crippen LogP contribution < -0.4 is 10.5 Å². The minimum absolute atomic E-state index is 0.0159. The summed E-state index contributed by atoms with van der Waals surface area (Å²) >= 11 is 0. The van der Waals surface area contributed by atoms with Gasteiger partial charge in [0.25, 0.3) is 0 Å². The maximum Gasteiger partial charge on any atom is 0.241 e. The number of benzene rings is 1. The number of nitrogens with two attached hydrogens (primary N) is 1. The third-order valence-corrected chi connectivity index (χ3v) is 5.90. The van der Waals surface area contributed by atoms with Crippen LogP contribution in [0, 0.1) is 0 Å². The summed E-state index contributed by atoms with van der Waals surface area (Å²) in [5.74, 6) is 0.288. The minimum Gasteiger partial charge on any atom is -0.365 e. The molecule has 26 heavy (non-hydrogen) atoms. The molecule has 7 heteroatoms. The zero-order valence-corrected chi connectivity index (χ0v) is 15.9. The van der Waals surface area contributed by atoms with Gasteiger partial charge >= 0.3 is 0 Å². The molecule has 0 amide bonds. The zero-order chi connectivity index (χ0) is 18.6. The van der Waals surface area contributed by atoms with Gasteiger partial charge in [0.15, 0.2) is 0 Å². The van der Waals surface area contributed by atoms with Gasteiger partial charge in [-0.15, -0.1) is 0 Å². The molecule has 0 radical (unpaired) electrons. The van der Waals surface area contributed by atoms with Gasteiger partial charge in [-0.2, -0.15) is 0 Å². The molecule has 140 valence electrons. The molecule has 0 bridgehead atoms. The average molecular weight is 375 g/mol. The Hall–Kier alpha value is -1.96. The Kier molecular flexibility index (Phi) is 5.90. The highest BCUT2D eigenvalue weighted by Crippen LogP contribution is 2.22. The van der Waals surface area contributed by atoms with Gasteiger partial charge in [-0.25, -0.2) is 18.5 Å². The predicted octanol–water partition coefficient (Wildman–Crippen LogP) is 2.72. The monoisotopic (exact) mass is 374 g/mol. The van der Waals surface area contributed by atoms with Crippen LogP contribution in [0.4, 0.5) is 5.82 Å². The fourth-order valence-electron chi connectivity index (χ4n) is 3.43. The highest BCUT2D eigenvalue weighted by Gasteiger charge is 2.19. The van der Waals surface area contributed by atoms with Crippen LogP contribution in [0.2, 0.25) is 0 Å². The average Bonchev–Trinajstić information content (AvgIpc) is 2.62. The zero-order valence-electron chi connectivity index (χ0n) is 15.1. The first kappa shape index (κ1) is 18.8. The quantitative estimate of drug-likeness (QED) is 0.812. The van der Waals surface area contributed by atoms with Crippen molar-refractivity contribution < 1.29 is 8.42 Å². The lowest BCUT2D eigenvalue weighted by Gasteiger charge is -2.33. The van der Waals surface area contributed by atoms with Crippen molar-refractivity contribution in [2.24, 2.45) is 5.14 Å². The van der Waals surface area contributed by atoms with Gasteiger partial charge in [-0.1, -0.05) is 30.7 Å². The van der Waals surface area contributed by atoms with Gasteiger partial charge in [0.1, 0.15) is 10.7 Å². The number of anilines is 1. The topological polar surface area (TPSA) is 88.3 Å². The highest BCUT2D eigenvalue weighted by atomic mass is 32.2. The second kappa shape index (κ2) is 8.16. The molecule has 1 saturated heterocycles. The van der Waals surface area contributed by atoms with Gasteiger partial charge in [-0.05, 0) is 49.6 Å². The smallest absolute Gasteiger partial charge is 0.241 e. The van der Waals surface area contributed by atoms with E-state index < -0.39 is 10.0 Å². The number of hydrogen-bond donors (Lipinski definition) is 2. The van der Waals surface area contributed by atoms with Gasteiger partial charge in [0.05, 0.1) is 0 Å². The maximum atomic E-state index is 11.7. The Morgan fingerprint density at radius 2 is 1.96 bits per heavy atom. The van der Waals surface area contributed by atoms with Crippen molar-refractivity contribution in [2.75, 3.05) is 11.9 Å². The van der Waals surface area contributed by atoms with Crippen LogP contribution in [-0.4, -0.2) is 30.9 Å². The van der Waals surface area contributed by atoms with E-state index in [-0.39, 0.29) is 10.7 Å². The lowest BCUT2D eigenvalue weighted by Crippen LogP contribution is -2.37. The molecule has 6 nitrogen and oxygen atoms in total. The van der Waals surface area contributed by atoms with Crippen LogP contribution in [0.15, 0.2) is 47.5 Å². The van der Waals surface area contributed by atoms with E-state index in [4.69, 9.17) is 5.14 Å². The van der Waals surface area contributed by atoms with Crippen LogP contribution in [0.1, 0.15) is 37.3 Å². The molecule has 2 aromatic rings. The van der Waals surface area contributed by atoms with Crippen LogP contribution in [0.3, 0.4) is 0 Å². The Labute approximate surface area is 155 Å². The normalized spacial score (nSPS) is 18.6. The summed E-state index contributed by atoms with van der Waals surface area (Å²) in [5.41, 5.74) is 2.39.